The molecule has 2 aliphatic rings. The number of aryl methyl sites for hydroxylation is 1. The Labute approximate surface area is 242 Å². The number of aliphatic hydroxyl groups is 1. The van der Waals surface area contributed by atoms with Crippen molar-refractivity contribution in [2.45, 2.75) is 36.6 Å². The van der Waals surface area contributed by atoms with E-state index in [9.17, 15) is 14.7 Å². The van der Waals surface area contributed by atoms with E-state index in [0.717, 1.165) is 16.7 Å². The summed E-state index contributed by atoms with van der Waals surface area (Å²) >= 11 is 0. The van der Waals surface area contributed by atoms with Gasteiger partial charge in [0.2, 0.25) is 0 Å². The molecule has 0 spiro atoms. The van der Waals surface area contributed by atoms with Crippen LogP contribution in [0.5, 0.6) is 11.5 Å². The third-order valence-electron chi connectivity index (χ3n) is 8.14. The van der Waals surface area contributed by atoms with Crippen molar-refractivity contribution < 1.29 is 28.8 Å². The summed E-state index contributed by atoms with van der Waals surface area (Å²) in [6.45, 7) is 1.24. The number of H-pyrrole nitrogens is 1. The molecule has 0 unspecified atom stereocenters. The van der Waals surface area contributed by atoms with E-state index in [0.29, 0.717) is 17.1 Å². The summed E-state index contributed by atoms with van der Waals surface area (Å²) in [5, 5.41) is 10.7. The Kier molecular flexibility index (Phi) is 7.24. The van der Waals surface area contributed by atoms with Crippen LogP contribution in [0.25, 0.3) is 0 Å². The van der Waals surface area contributed by atoms with Crippen molar-refractivity contribution in [3.63, 3.8) is 0 Å². The number of methoxy groups -OCH3 is 2. The molecule has 42 heavy (non-hydrogen) atoms. The van der Waals surface area contributed by atoms with Crippen LogP contribution in [0, 0.1) is 6.92 Å². The number of ether oxygens (including phenoxy) is 5. The molecule has 3 aromatic carbocycles. The van der Waals surface area contributed by atoms with Gasteiger partial charge in [0.1, 0.15) is 34.9 Å². The van der Waals surface area contributed by atoms with Gasteiger partial charge < -0.3 is 28.8 Å². The largest absolute Gasteiger partial charge is 0.497 e. The van der Waals surface area contributed by atoms with Crippen molar-refractivity contribution in [3.8, 4) is 11.5 Å². The Bertz CT molecular complexity index is 1620. The molecule has 0 radical (unpaired) electrons. The lowest BCUT2D eigenvalue weighted by molar-refractivity contribution is -0.191. The van der Waals surface area contributed by atoms with E-state index in [1.807, 2.05) is 78.9 Å². The van der Waals surface area contributed by atoms with Gasteiger partial charge in [-0.15, -0.1) is 0 Å². The zero-order chi connectivity index (χ0) is 29.5. The maximum absolute atomic E-state index is 12.9. The minimum atomic E-state index is -1.28. The molecule has 1 aromatic heterocycles. The van der Waals surface area contributed by atoms with Crippen molar-refractivity contribution in [3.05, 3.63) is 128 Å². The first kappa shape index (κ1) is 27.9. The van der Waals surface area contributed by atoms with Crippen molar-refractivity contribution in [2.75, 3.05) is 27.4 Å². The van der Waals surface area contributed by atoms with Crippen LogP contribution < -0.4 is 20.7 Å². The monoisotopic (exact) mass is 572 g/mol. The van der Waals surface area contributed by atoms with E-state index in [2.05, 4.69) is 4.98 Å². The van der Waals surface area contributed by atoms with Gasteiger partial charge in [-0.2, -0.15) is 0 Å². The highest BCUT2D eigenvalue weighted by atomic mass is 16.7. The molecule has 3 heterocycles. The summed E-state index contributed by atoms with van der Waals surface area (Å²) in [5.41, 5.74) is -0.843. The number of rotatable bonds is 9. The molecule has 4 aromatic rings. The van der Waals surface area contributed by atoms with Crippen LogP contribution in [0.2, 0.25) is 0 Å². The summed E-state index contributed by atoms with van der Waals surface area (Å²) in [5.74, 6) is 1.37. The lowest BCUT2D eigenvalue weighted by atomic mass is 9.79. The van der Waals surface area contributed by atoms with Crippen LogP contribution in [-0.4, -0.2) is 59.9 Å². The molecule has 6 rings (SSSR count). The predicted molar refractivity (Wildman–Crippen MR) is 153 cm³/mol. The number of aliphatic hydroxyl groups excluding tert-OH is 1. The first-order valence-electron chi connectivity index (χ1n) is 13.6. The van der Waals surface area contributed by atoms with Crippen molar-refractivity contribution in [2.24, 2.45) is 0 Å². The Balaban J connectivity index is 1.54. The highest BCUT2D eigenvalue weighted by molar-refractivity contribution is 5.50. The van der Waals surface area contributed by atoms with Gasteiger partial charge in [-0.1, -0.05) is 54.6 Å². The highest BCUT2D eigenvalue weighted by Gasteiger charge is 2.65. The molecule has 2 bridgehead atoms. The average molecular weight is 573 g/mol. The molecule has 2 fully saturated rings. The van der Waals surface area contributed by atoms with Gasteiger partial charge in [-0.05, 0) is 47.9 Å². The average Bonchev–Trinajstić information content (AvgIpc) is 3.54. The molecule has 0 amide bonds. The van der Waals surface area contributed by atoms with Crippen LogP contribution in [0.1, 0.15) is 28.5 Å². The zero-order valence-corrected chi connectivity index (χ0v) is 23.5. The normalized spacial score (nSPS) is 23.2. The Morgan fingerprint density at radius 2 is 1.50 bits per heavy atom. The number of hydrogen-bond donors (Lipinski definition) is 2. The second kappa shape index (κ2) is 10.9. The van der Waals surface area contributed by atoms with Crippen molar-refractivity contribution in [1.29, 1.82) is 0 Å². The summed E-state index contributed by atoms with van der Waals surface area (Å²) in [6, 6.07) is 25.0. The minimum absolute atomic E-state index is 0.0580. The molecule has 4 atom stereocenters. The quantitative estimate of drug-likeness (QED) is 0.294. The SMILES string of the molecule is COc1ccc(C(O[C@H]2[C@H]3OC[C@]2(CO)O[C@H]3n2cc(C)c(=O)[nH]c2=O)(c2ccccc2)c2ccc(OC)cc2)cc1. The fourth-order valence-electron chi connectivity index (χ4n) is 5.90. The number of nitrogens with zero attached hydrogens (tertiary/aromatic N) is 1. The van der Waals surface area contributed by atoms with E-state index in [1.54, 1.807) is 21.1 Å². The standard InChI is InChI=1S/C32H32N2O8/c1-20-17-34(30(37)33-28(20)36)29-26-27(31(18-35,42-29)19-40-26)41-32(21-7-5-4-6-8-21,22-9-13-24(38-2)14-10-22)23-11-15-25(39-3)16-12-23/h4-17,26-27,29,35H,18-19H2,1-3H3,(H,33,36,37)/t26-,27+,29-,31+/m1/s1. The predicted octanol–water partition coefficient (Wildman–Crippen LogP) is 2.90. The van der Waals surface area contributed by atoms with E-state index in [4.69, 9.17) is 23.7 Å². The maximum Gasteiger partial charge on any atom is 0.330 e. The minimum Gasteiger partial charge on any atom is -0.497 e. The lowest BCUT2D eigenvalue weighted by Crippen LogP contribution is -2.49. The van der Waals surface area contributed by atoms with Gasteiger partial charge in [-0.3, -0.25) is 14.3 Å². The molecule has 2 N–H and O–H groups in total. The smallest absolute Gasteiger partial charge is 0.330 e. The van der Waals surface area contributed by atoms with E-state index in [1.165, 1.54) is 10.8 Å². The van der Waals surface area contributed by atoms with Gasteiger partial charge in [0.25, 0.3) is 5.56 Å². The molecule has 10 nitrogen and oxygen atoms in total. The van der Waals surface area contributed by atoms with Gasteiger partial charge in [0.15, 0.2) is 6.23 Å². The fraction of sp³-hybridized carbons (Fsp3) is 0.312. The van der Waals surface area contributed by atoms with Crippen molar-refractivity contribution in [1.82, 2.24) is 9.55 Å². The topological polar surface area (TPSA) is 121 Å². The lowest BCUT2D eigenvalue weighted by Gasteiger charge is -2.40. The number of aromatic nitrogens is 2. The molecular weight excluding hydrogens is 540 g/mol. The van der Waals surface area contributed by atoms with Gasteiger partial charge in [-0.25, -0.2) is 4.79 Å². The summed E-state index contributed by atoms with van der Waals surface area (Å²) < 4.78 is 32.0. The number of fused-ring (bicyclic) bond motifs is 2. The highest BCUT2D eigenvalue weighted by Crippen LogP contribution is 2.51. The van der Waals surface area contributed by atoms with Crippen LogP contribution in [0.4, 0.5) is 0 Å². The maximum atomic E-state index is 12.9. The number of benzene rings is 3. The Morgan fingerprint density at radius 1 is 0.929 bits per heavy atom. The number of nitrogens with one attached hydrogen (secondary N) is 1. The van der Waals surface area contributed by atoms with Crippen LogP contribution in [0.15, 0.2) is 94.6 Å². The van der Waals surface area contributed by atoms with Gasteiger partial charge in [0.05, 0.1) is 27.4 Å². The van der Waals surface area contributed by atoms with Crippen LogP contribution >= 0.6 is 0 Å². The molecule has 10 heteroatoms. The molecule has 0 aliphatic carbocycles. The van der Waals surface area contributed by atoms with Gasteiger partial charge >= 0.3 is 5.69 Å². The summed E-state index contributed by atoms with van der Waals surface area (Å²) in [6.07, 6.45) is -1.11. The molecule has 0 saturated carbocycles. The van der Waals surface area contributed by atoms with Crippen LogP contribution in [-0.2, 0) is 19.8 Å². The first-order valence-corrected chi connectivity index (χ1v) is 13.6. The number of aromatic amines is 1. The third kappa shape index (κ3) is 4.44. The molecule has 2 saturated heterocycles. The molecular formula is C32H32N2O8. The fourth-order valence-corrected chi connectivity index (χ4v) is 5.90. The Hall–Kier alpha value is -4.22. The number of hydrogen-bond acceptors (Lipinski definition) is 8. The Morgan fingerprint density at radius 3 is 2.05 bits per heavy atom. The second-order valence-corrected chi connectivity index (χ2v) is 10.5. The first-order chi connectivity index (χ1) is 20.3. The zero-order valence-electron chi connectivity index (χ0n) is 23.5. The molecule has 218 valence electrons. The summed E-state index contributed by atoms with van der Waals surface area (Å²) in [4.78, 5) is 27.3. The van der Waals surface area contributed by atoms with E-state index in [-0.39, 0.29) is 6.61 Å². The van der Waals surface area contributed by atoms with Crippen molar-refractivity contribution >= 4 is 0 Å². The molecule has 2 aliphatic heterocycles. The second-order valence-electron chi connectivity index (χ2n) is 10.5. The van der Waals surface area contributed by atoms with E-state index < -0.39 is 47.5 Å². The summed E-state index contributed by atoms with van der Waals surface area (Å²) in [7, 11) is 3.21. The van der Waals surface area contributed by atoms with Gasteiger partial charge in [0, 0.05) is 11.8 Å². The third-order valence-corrected chi connectivity index (χ3v) is 8.14. The van der Waals surface area contributed by atoms with Crippen LogP contribution in [0.3, 0.4) is 0 Å². The van der Waals surface area contributed by atoms with E-state index >= 15 is 0 Å².